The molecule has 1 aromatic carbocycles. The number of hydrogen-bond acceptors (Lipinski definition) is 5. The highest BCUT2D eigenvalue weighted by atomic mass is 19.3. The average molecular weight is 721 g/mol. The highest BCUT2D eigenvalue weighted by molar-refractivity contribution is 6.01. The molecular formula is C36H45F5N6O4. The Balaban J connectivity index is 1.20. The minimum absolute atomic E-state index is 0.0261. The molecule has 1 aromatic heterocycles. The van der Waals surface area contributed by atoms with Gasteiger partial charge in [0, 0.05) is 62.3 Å². The number of benzene rings is 1. The van der Waals surface area contributed by atoms with E-state index >= 15 is 4.39 Å². The SMILES string of the molecule is CCC(=O)N[C@@H](C(=O)N1CCC2(CC1)CC2(F)F)C1(c2ccc(NC(=O)[C@@H](NC(=O)c3ccnn3CC)[C@H]3CCCC(F)(F)CC3)c(F)c2)CC1. The number of aryl methyl sites for hydroxylation is 1. The van der Waals surface area contributed by atoms with E-state index in [1.54, 1.807) is 19.9 Å². The van der Waals surface area contributed by atoms with E-state index in [1.807, 2.05) is 0 Å². The Bertz CT molecular complexity index is 1670. The summed E-state index contributed by atoms with van der Waals surface area (Å²) >= 11 is 0. The molecule has 2 heterocycles. The number of aromatic nitrogens is 2. The van der Waals surface area contributed by atoms with Crippen LogP contribution in [0.2, 0.25) is 0 Å². The molecule has 1 saturated heterocycles. The second-order valence-corrected chi connectivity index (χ2v) is 14.7. The van der Waals surface area contributed by atoms with Gasteiger partial charge in [-0.15, -0.1) is 0 Å². The van der Waals surface area contributed by atoms with Gasteiger partial charge in [0.2, 0.25) is 23.6 Å². The van der Waals surface area contributed by atoms with Crippen molar-refractivity contribution >= 4 is 29.3 Å². The van der Waals surface area contributed by atoms with Crippen molar-refractivity contribution < 1.29 is 41.1 Å². The maximum absolute atomic E-state index is 15.9. The summed E-state index contributed by atoms with van der Waals surface area (Å²) in [6.07, 6.45) is 2.21. The van der Waals surface area contributed by atoms with E-state index in [2.05, 4.69) is 21.0 Å². The average Bonchev–Trinajstić information content (AvgIpc) is 3.94. The molecule has 3 aliphatic carbocycles. The summed E-state index contributed by atoms with van der Waals surface area (Å²) in [5, 5.41) is 12.1. The fraction of sp³-hybridized carbons (Fsp3) is 0.639. The minimum atomic E-state index is -2.89. The molecule has 1 aliphatic heterocycles. The van der Waals surface area contributed by atoms with Crippen LogP contribution in [0.5, 0.6) is 0 Å². The van der Waals surface area contributed by atoms with Crippen LogP contribution in [0.15, 0.2) is 30.5 Å². The van der Waals surface area contributed by atoms with E-state index in [9.17, 15) is 36.7 Å². The number of nitrogens with one attached hydrogen (secondary N) is 3. The quantitative estimate of drug-likeness (QED) is 0.207. The summed E-state index contributed by atoms with van der Waals surface area (Å²) in [4.78, 5) is 55.0. The zero-order chi connectivity index (χ0) is 36.8. The zero-order valence-electron chi connectivity index (χ0n) is 28.9. The molecule has 3 saturated carbocycles. The van der Waals surface area contributed by atoms with Gasteiger partial charge < -0.3 is 20.9 Å². The number of anilines is 1. The van der Waals surface area contributed by atoms with Gasteiger partial charge in [0.1, 0.15) is 23.6 Å². The van der Waals surface area contributed by atoms with Crippen molar-refractivity contribution in [3.63, 3.8) is 0 Å². The Labute approximate surface area is 293 Å². The van der Waals surface area contributed by atoms with Crippen LogP contribution in [0.25, 0.3) is 0 Å². The second kappa shape index (κ2) is 13.8. The molecule has 51 heavy (non-hydrogen) atoms. The molecule has 4 aliphatic rings. The molecule has 2 aromatic rings. The van der Waals surface area contributed by atoms with Crippen LogP contribution in [0, 0.1) is 17.2 Å². The number of nitrogens with zero attached hydrogens (tertiary/aromatic N) is 3. The van der Waals surface area contributed by atoms with E-state index in [-0.39, 0.29) is 81.7 Å². The van der Waals surface area contributed by atoms with E-state index < -0.39 is 70.6 Å². The predicted molar refractivity (Wildman–Crippen MR) is 177 cm³/mol. The van der Waals surface area contributed by atoms with Crippen molar-refractivity contribution in [1.82, 2.24) is 25.3 Å². The van der Waals surface area contributed by atoms with Crippen molar-refractivity contribution in [2.45, 2.75) is 120 Å². The van der Waals surface area contributed by atoms with Crippen LogP contribution in [0.3, 0.4) is 0 Å². The van der Waals surface area contributed by atoms with Gasteiger partial charge in [-0.2, -0.15) is 5.10 Å². The van der Waals surface area contributed by atoms with E-state index in [0.717, 1.165) is 0 Å². The topological polar surface area (TPSA) is 125 Å². The van der Waals surface area contributed by atoms with Gasteiger partial charge in [0.05, 0.1) is 5.69 Å². The summed E-state index contributed by atoms with van der Waals surface area (Å²) in [5.74, 6) is -9.23. The lowest BCUT2D eigenvalue weighted by molar-refractivity contribution is -0.139. The molecule has 0 radical (unpaired) electrons. The maximum Gasteiger partial charge on any atom is 0.270 e. The van der Waals surface area contributed by atoms with Gasteiger partial charge in [0.25, 0.3) is 11.8 Å². The Hall–Kier alpha value is -4.04. The second-order valence-electron chi connectivity index (χ2n) is 14.7. The predicted octanol–water partition coefficient (Wildman–Crippen LogP) is 5.57. The summed E-state index contributed by atoms with van der Waals surface area (Å²) in [6, 6.07) is 3.32. The number of hydrogen-bond donors (Lipinski definition) is 3. The Morgan fingerprint density at radius 2 is 1.65 bits per heavy atom. The Morgan fingerprint density at radius 3 is 2.25 bits per heavy atom. The molecule has 3 atom stereocenters. The third kappa shape index (κ3) is 7.35. The number of amides is 4. The zero-order valence-corrected chi connectivity index (χ0v) is 28.9. The lowest BCUT2D eigenvalue weighted by Gasteiger charge is -2.37. The van der Waals surface area contributed by atoms with E-state index in [1.165, 1.54) is 34.0 Å². The van der Waals surface area contributed by atoms with Crippen LogP contribution >= 0.6 is 0 Å². The molecule has 6 rings (SSSR count). The van der Waals surface area contributed by atoms with Crippen LogP contribution in [0.4, 0.5) is 27.6 Å². The first-order valence-electron chi connectivity index (χ1n) is 17.9. The van der Waals surface area contributed by atoms with Crippen molar-refractivity contribution in [3.8, 4) is 0 Å². The standard InChI is InChI=1S/C36H45F5N6O4/c1-3-27(48)44-29(32(51)46-18-15-33(16-19-46)21-36(33,40)41)34(13-14-34)23-7-8-25(24(37)20-23)43-31(50)28(22-6-5-11-35(38,39)12-9-22)45-30(49)26-10-17-42-47(26)4-2/h7-8,10,17,20,22,28-29H,3-6,9,11-16,18-19,21H2,1-2H3,(H,43,50)(H,44,48)(H,45,49)/t22-,28-,29-/m0/s1. The monoisotopic (exact) mass is 720 g/mol. The number of halogens is 5. The normalized spacial score (nSPS) is 23.7. The summed E-state index contributed by atoms with van der Waals surface area (Å²) in [7, 11) is 0. The number of piperidine rings is 1. The fourth-order valence-electron chi connectivity index (χ4n) is 7.99. The third-order valence-corrected chi connectivity index (χ3v) is 11.5. The van der Waals surface area contributed by atoms with Crippen LogP contribution in [0.1, 0.15) is 101 Å². The third-order valence-electron chi connectivity index (χ3n) is 11.5. The lowest BCUT2D eigenvalue weighted by Crippen LogP contribution is -2.56. The first-order chi connectivity index (χ1) is 24.1. The molecule has 4 fully saturated rings. The van der Waals surface area contributed by atoms with Gasteiger partial charge in [-0.1, -0.05) is 13.0 Å². The first kappa shape index (κ1) is 36.7. The van der Waals surface area contributed by atoms with E-state index in [4.69, 9.17) is 0 Å². The van der Waals surface area contributed by atoms with Crippen molar-refractivity contribution in [2.24, 2.45) is 11.3 Å². The molecule has 15 heteroatoms. The Kier molecular flexibility index (Phi) is 9.96. The first-order valence-corrected chi connectivity index (χ1v) is 17.9. The number of carbonyl (C=O) groups is 4. The largest absolute Gasteiger partial charge is 0.343 e. The van der Waals surface area contributed by atoms with Crippen molar-refractivity contribution in [3.05, 3.63) is 47.5 Å². The highest BCUT2D eigenvalue weighted by Gasteiger charge is 2.71. The summed E-state index contributed by atoms with van der Waals surface area (Å²) in [6.45, 7) is 4.09. The van der Waals surface area contributed by atoms with Crippen molar-refractivity contribution in [1.29, 1.82) is 0 Å². The molecular weight excluding hydrogens is 675 g/mol. The molecule has 3 N–H and O–H groups in total. The van der Waals surface area contributed by atoms with Gasteiger partial charge in [-0.05, 0) is 81.5 Å². The number of likely N-dealkylation sites (tertiary alicyclic amines) is 1. The maximum atomic E-state index is 15.9. The smallest absolute Gasteiger partial charge is 0.270 e. The summed E-state index contributed by atoms with van der Waals surface area (Å²) in [5.41, 5.74) is -1.59. The van der Waals surface area contributed by atoms with Gasteiger partial charge in [0.15, 0.2) is 0 Å². The molecule has 0 bridgehead atoms. The Morgan fingerprint density at radius 1 is 0.941 bits per heavy atom. The molecule has 10 nitrogen and oxygen atoms in total. The number of alkyl halides is 4. The van der Waals surface area contributed by atoms with Crippen LogP contribution in [-0.2, 0) is 26.3 Å². The van der Waals surface area contributed by atoms with Crippen molar-refractivity contribution in [2.75, 3.05) is 18.4 Å². The number of rotatable bonds is 11. The lowest BCUT2D eigenvalue weighted by atomic mass is 9.85. The number of carbonyl (C=O) groups excluding carboxylic acids is 4. The highest BCUT2D eigenvalue weighted by Crippen LogP contribution is 2.66. The molecule has 1 spiro atoms. The van der Waals surface area contributed by atoms with Crippen LogP contribution < -0.4 is 16.0 Å². The molecule has 278 valence electrons. The van der Waals surface area contributed by atoms with E-state index in [0.29, 0.717) is 24.9 Å². The minimum Gasteiger partial charge on any atom is -0.343 e. The summed E-state index contributed by atoms with van der Waals surface area (Å²) < 4.78 is 73.8. The molecule has 4 amide bonds. The van der Waals surface area contributed by atoms with Gasteiger partial charge in [-0.3, -0.25) is 23.9 Å². The van der Waals surface area contributed by atoms with Gasteiger partial charge in [-0.25, -0.2) is 22.0 Å². The van der Waals surface area contributed by atoms with Crippen LogP contribution in [-0.4, -0.2) is 75.3 Å². The molecule has 0 unspecified atom stereocenters. The van der Waals surface area contributed by atoms with Gasteiger partial charge >= 0.3 is 0 Å². The fourth-order valence-corrected chi connectivity index (χ4v) is 7.99.